The summed E-state index contributed by atoms with van der Waals surface area (Å²) in [5.74, 6) is 0.823. The first kappa shape index (κ1) is 114. The number of aromatic nitrogens is 19. The van der Waals surface area contributed by atoms with Crippen molar-refractivity contribution in [2.24, 2.45) is 0 Å². The second-order valence-corrected chi connectivity index (χ2v) is 25.4. The van der Waals surface area contributed by atoms with E-state index in [0.29, 0.717) is 0 Å². The Kier molecular flexibility index (Phi) is 61.1. The molecule has 19 heteroatoms. The van der Waals surface area contributed by atoms with Gasteiger partial charge in [-0.2, -0.15) is 0 Å². The standard InChI is InChI=1S/C10H9N.9C9H8N2.10C2H6/c1-8-3-2-4-9-5-6-11-7-10(8)9;1-7-2-3-9-8(4-7)5-10-6-11-9;1-7-2-3-8-5-10-6-11-9(8)4-7;1-7-4-5-8-9(11-7)3-2-6-10-8;1-7-4-6-10-8-3-2-5-11-9(7)8;1-7-5-9-8(11-6-7)3-2-4-10-9;1-7-3-2-4-9-8(7)5-10-6-11-9;1-7-3-2-4-8-5-10-6-11-9(7)8;1-7-8-4-2-3-5-9(8)11-6-10-7;1-7-10-6-8-4-2-3-5-9(8)11-7;10*1-2/h2-7H,1H3;9*2-6H,1H3;10*1-2H3. The van der Waals surface area contributed by atoms with E-state index in [1.807, 2.05) is 374 Å². The molecule has 19 nitrogen and oxygen atoms in total. The number of nitrogens with zero attached hydrogens (tertiary/aromatic N) is 19. The Morgan fingerprint density at radius 1 is 0.185 bits per heavy atom. The number of rotatable bonds is 0. The van der Waals surface area contributed by atoms with Gasteiger partial charge in [0.25, 0.3) is 0 Å². The Bertz CT molecular complexity index is 5430. The molecule has 20 rings (SSSR count). The van der Waals surface area contributed by atoms with E-state index < -0.39 is 0 Å². The molecule has 0 N–H and O–H groups in total. The Hall–Kier alpha value is -14.3. The number of benzene rings is 7. The molecule has 0 aliphatic heterocycles. The van der Waals surface area contributed by atoms with Crippen LogP contribution in [0.4, 0.5) is 0 Å². The maximum atomic E-state index is 4.31. The van der Waals surface area contributed by atoms with Crippen molar-refractivity contribution in [1.82, 2.24) is 94.7 Å². The van der Waals surface area contributed by atoms with Gasteiger partial charge in [-0.05, 0) is 211 Å². The zero-order valence-corrected chi connectivity index (χ0v) is 82.9. The number of fused-ring (bicyclic) bond motifs is 10. The minimum Gasteiger partial charge on any atom is -0.264 e. The average molecular weight is 1740 g/mol. The van der Waals surface area contributed by atoms with Crippen LogP contribution in [-0.4, -0.2) is 94.7 Å². The summed E-state index contributed by atoms with van der Waals surface area (Å²) in [7, 11) is 0. The number of hydrogen-bond donors (Lipinski definition) is 0. The van der Waals surface area contributed by atoms with Gasteiger partial charge in [-0.1, -0.05) is 247 Å². The van der Waals surface area contributed by atoms with Gasteiger partial charge in [0, 0.05) is 123 Å². The number of hydrogen-bond acceptors (Lipinski definition) is 19. The van der Waals surface area contributed by atoms with Crippen molar-refractivity contribution in [2.75, 3.05) is 0 Å². The lowest BCUT2D eigenvalue weighted by molar-refractivity contribution is 1.09. The molecule has 13 heterocycles. The van der Waals surface area contributed by atoms with Gasteiger partial charge in [0.1, 0.15) is 37.5 Å². The fourth-order valence-electron chi connectivity index (χ4n) is 11.2. The van der Waals surface area contributed by atoms with Crippen LogP contribution in [0.5, 0.6) is 0 Å². The summed E-state index contributed by atoms with van der Waals surface area (Å²) in [5, 5.41) is 9.18. The molecule has 0 bridgehead atoms. The molecular weight excluding hydrogens is 1600 g/mol. The molecule has 0 saturated heterocycles. The molecule has 7 aromatic carbocycles. The van der Waals surface area contributed by atoms with Crippen LogP contribution in [0.2, 0.25) is 0 Å². The number of pyridine rings is 7. The summed E-state index contributed by atoms with van der Waals surface area (Å²) in [4.78, 5) is 78.3. The summed E-state index contributed by atoms with van der Waals surface area (Å²) >= 11 is 0. The van der Waals surface area contributed by atoms with Gasteiger partial charge >= 0.3 is 0 Å². The van der Waals surface area contributed by atoms with Crippen LogP contribution >= 0.6 is 0 Å². The molecule has 0 radical (unpaired) electrons. The lowest BCUT2D eigenvalue weighted by Gasteiger charge is -1.98. The highest BCUT2D eigenvalue weighted by atomic mass is 14.9. The first-order valence-electron chi connectivity index (χ1n) is 45.5. The van der Waals surface area contributed by atoms with E-state index in [9.17, 15) is 0 Å². The second kappa shape index (κ2) is 69.8. The average Bonchev–Trinajstić information content (AvgIpc) is 0.830. The molecule has 0 spiro atoms. The minimum absolute atomic E-state index is 0.823. The van der Waals surface area contributed by atoms with Crippen LogP contribution in [0, 0.1) is 69.2 Å². The summed E-state index contributed by atoms with van der Waals surface area (Å²) in [6.07, 6.45) is 29.8. The van der Waals surface area contributed by atoms with Gasteiger partial charge in [-0.25, -0.2) is 59.8 Å². The van der Waals surface area contributed by atoms with Crippen molar-refractivity contribution < 1.29 is 0 Å². The lowest BCUT2D eigenvalue weighted by atomic mass is 10.1. The molecule has 130 heavy (non-hydrogen) atoms. The Balaban J connectivity index is 0.000000706. The van der Waals surface area contributed by atoms with Crippen LogP contribution in [0.15, 0.2) is 312 Å². The molecule has 0 fully saturated rings. The van der Waals surface area contributed by atoms with E-state index in [2.05, 4.69) is 184 Å². The zero-order chi connectivity index (χ0) is 96.8. The quantitative estimate of drug-likeness (QED) is 0.137. The van der Waals surface area contributed by atoms with Crippen molar-refractivity contribution in [3.05, 3.63) is 368 Å². The van der Waals surface area contributed by atoms with Gasteiger partial charge in [0.15, 0.2) is 0 Å². The SMILES string of the molecule is CC.CC.CC.CC.CC.CC.CC.CC.CC.CC.Cc1ccc2cncnc2c1.Cc1ccc2ncccc2n1.Cc1ccc2ncncc2c1.Cc1cccc2ccncc12.Cc1cccc2cncnc12.Cc1cccc2ncncc12.Cc1ccnc2cccnc12.Cc1cnc2cccnc2c1.Cc1ncc2ccccc2n1.Cc1ncnc2ccccc12. The van der Waals surface area contributed by atoms with Gasteiger partial charge in [-0.15, -0.1) is 0 Å². The summed E-state index contributed by atoms with van der Waals surface area (Å²) in [6, 6.07) is 68.2. The van der Waals surface area contributed by atoms with E-state index in [1.165, 1.54) is 44.2 Å². The predicted molar refractivity (Wildman–Crippen MR) is 558 cm³/mol. The van der Waals surface area contributed by atoms with E-state index in [0.717, 1.165) is 121 Å². The fourth-order valence-corrected chi connectivity index (χ4v) is 11.2. The largest absolute Gasteiger partial charge is 0.264 e. The molecule has 0 amide bonds. The van der Waals surface area contributed by atoms with E-state index in [4.69, 9.17) is 0 Å². The Morgan fingerprint density at radius 3 is 1.29 bits per heavy atom. The van der Waals surface area contributed by atoms with Gasteiger partial charge in [-0.3, -0.25) is 34.9 Å². The number of para-hydroxylation sites is 3. The van der Waals surface area contributed by atoms with Gasteiger partial charge in [0.2, 0.25) is 0 Å². The molecule has 680 valence electrons. The third-order valence-electron chi connectivity index (χ3n) is 17.0. The highest BCUT2D eigenvalue weighted by Crippen LogP contribution is 2.20. The third kappa shape index (κ3) is 39.7. The van der Waals surface area contributed by atoms with E-state index >= 15 is 0 Å². The van der Waals surface area contributed by atoms with Gasteiger partial charge in [0.05, 0.1) is 66.2 Å². The van der Waals surface area contributed by atoms with Crippen molar-refractivity contribution in [3.8, 4) is 0 Å². The second-order valence-electron chi connectivity index (χ2n) is 25.4. The topological polar surface area (TPSA) is 245 Å². The van der Waals surface area contributed by atoms with E-state index in [1.54, 1.807) is 56.4 Å². The van der Waals surface area contributed by atoms with Crippen LogP contribution < -0.4 is 0 Å². The maximum Gasteiger partial charge on any atom is 0.125 e. The van der Waals surface area contributed by atoms with E-state index in [-0.39, 0.29) is 0 Å². The number of aryl methyl sites for hydroxylation is 10. The fraction of sp³-hybridized carbons (Fsp3) is 0.270. The molecule has 0 saturated carbocycles. The van der Waals surface area contributed by atoms with Crippen LogP contribution in [-0.2, 0) is 0 Å². The molecule has 0 aliphatic rings. The lowest BCUT2D eigenvalue weighted by Crippen LogP contribution is -1.86. The smallest absolute Gasteiger partial charge is 0.125 e. The van der Waals surface area contributed by atoms with Crippen LogP contribution in [0.3, 0.4) is 0 Å². The van der Waals surface area contributed by atoms with Gasteiger partial charge < -0.3 is 0 Å². The first-order chi connectivity index (χ1) is 63.7. The summed E-state index contributed by atoms with van der Waals surface area (Å²) < 4.78 is 0. The first-order valence-corrected chi connectivity index (χ1v) is 45.5. The summed E-state index contributed by atoms with van der Waals surface area (Å²) in [5.41, 5.74) is 22.5. The monoisotopic (exact) mass is 1740 g/mol. The highest BCUT2D eigenvalue weighted by Gasteiger charge is 2.02. The van der Waals surface area contributed by atoms with Crippen LogP contribution in [0.25, 0.3) is 109 Å². The maximum absolute atomic E-state index is 4.31. The molecule has 0 atom stereocenters. The normalized spacial score (nSPS) is 9.15. The molecule has 0 unspecified atom stereocenters. The van der Waals surface area contributed by atoms with Crippen molar-refractivity contribution in [3.63, 3.8) is 0 Å². The highest BCUT2D eigenvalue weighted by molar-refractivity contribution is 5.86. The van der Waals surface area contributed by atoms with Crippen molar-refractivity contribution in [2.45, 2.75) is 208 Å². The molecule has 20 aromatic rings. The van der Waals surface area contributed by atoms with Crippen LogP contribution in [0.1, 0.15) is 195 Å². The molecular formula is C111H141N19. The van der Waals surface area contributed by atoms with Crippen molar-refractivity contribution in [1.29, 1.82) is 0 Å². The molecule has 13 aromatic heterocycles. The minimum atomic E-state index is 0.823. The Morgan fingerprint density at radius 2 is 0.638 bits per heavy atom. The van der Waals surface area contributed by atoms with Crippen molar-refractivity contribution >= 4 is 109 Å². The predicted octanol–water partition coefficient (Wildman–Crippen LogP) is 30.2. The Labute approximate surface area is 775 Å². The zero-order valence-electron chi connectivity index (χ0n) is 82.9. The summed E-state index contributed by atoms with van der Waals surface area (Å²) in [6.45, 7) is 60.3. The molecule has 0 aliphatic carbocycles. The third-order valence-corrected chi connectivity index (χ3v) is 17.0.